The van der Waals surface area contributed by atoms with Crippen LogP contribution in [0.2, 0.25) is 0 Å². The van der Waals surface area contributed by atoms with Crippen molar-refractivity contribution in [3.8, 4) is 0 Å². The number of carbonyl (C=O) groups is 1. The molecule has 1 heterocycles. The molecule has 1 saturated heterocycles. The highest BCUT2D eigenvalue weighted by Gasteiger charge is 2.30. The number of hydrogen-bond donors (Lipinski definition) is 1. The highest BCUT2D eigenvalue weighted by molar-refractivity contribution is 7.88. The van der Waals surface area contributed by atoms with Gasteiger partial charge in [0.2, 0.25) is 15.9 Å². The summed E-state index contributed by atoms with van der Waals surface area (Å²) in [4.78, 5) is 12.8. The Morgan fingerprint density at radius 1 is 1.04 bits per heavy atom. The highest BCUT2D eigenvalue weighted by Crippen LogP contribution is 2.23. The second kappa shape index (κ2) is 8.67. The van der Waals surface area contributed by atoms with Crippen LogP contribution in [-0.4, -0.2) is 38.0 Å². The van der Waals surface area contributed by atoms with E-state index in [2.05, 4.69) is 17.4 Å². The summed E-state index contributed by atoms with van der Waals surface area (Å²) in [5.41, 5.74) is 2.24. The summed E-state index contributed by atoms with van der Waals surface area (Å²) < 4.78 is 24.8. The lowest BCUT2D eigenvalue weighted by atomic mass is 9.94. The number of sulfonamides is 1. The van der Waals surface area contributed by atoms with E-state index in [4.69, 9.17) is 0 Å². The van der Waals surface area contributed by atoms with Crippen molar-refractivity contribution in [1.29, 1.82) is 0 Å². The maximum atomic E-state index is 12.8. The molecule has 0 saturated carbocycles. The van der Waals surface area contributed by atoms with Gasteiger partial charge in [0.15, 0.2) is 0 Å². The Hall–Kier alpha value is -2.18. The predicted molar refractivity (Wildman–Crippen MR) is 107 cm³/mol. The van der Waals surface area contributed by atoms with E-state index in [1.165, 1.54) is 16.1 Å². The number of piperidine rings is 1. The molecule has 144 valence electrons. The normalized spacial score (nSPS) is 17.4. The third-order valence-electron chi connectivity index (χ3n) is 5.09. The Kier molecular flexibility index (Phi) is 6.29. The van der Waals surface area contributed by atoms with Gasteiger partial charge in [-0.1, -0.05) is 60.7 Å². The van der Waals surface area contributed by atoms with E-state index in [1.54, 1.807) is 0 Å². The first-order valence-corrected chi connectivity index (χ1v) is 11.1. The molecular weight excluding hydrogens is 360 g/mol. The number of hydrogen-bond acceptors (Lipinski definition) is 3. The topological polar surface area (TPSA) is 66.5 Å². The Labute approximate surface area is 161 Å². The van der Waals surface area contributed by atoms with Gasteiger partial charge < -0.3 is 5.32 Å². The Morgan fingerprint density at radius 2 is 1.59 bits per heavy atom. The molecule has 0 bridgehead atoms. The van der Waals surface area contributed by atoms with E-state index < -0.39 is 10.0 Å². The van der Waals surface area contributed by atoms with Crippen LogP contribution in [-0.2, 0) is 21.2 Å². The maximum absolute atomic E-state index is 12.8. The minimum absolute atomic E-state index is 0.00735. The summed E-state index contributed by atoms with van der Waals surface area (Å²) in [6, 6.07) is 20.0. The second-order valence-corrected chi connectivity index (χ2v) is 9.08. The molecule has 5 nitrogen and oxygen atoms in total. The molecule has 1 aliphatic heterocycles. The lowest BCUT2D eigenvalue weighted by molar-refractivity contribution is -0.126. The second-order valence-electron chi connectivity index (χ2n) is 7.10. The van der Waals surface area contributed by atoms with Gasteiger partial charge in [0, 0.05) is 19.0 Å². The summed E-state index contributed by atoms with van der Waals surface area (Å²) in [5, 5.41) is 3.20. The molecule has 27 heavy (non-hydrogen) atoms. The van der Waals surface area contributed by atoms with E-state index in [0.29, 0.717) is 25.9 Å². The first-order chi connectivity index (χ1) is 12.9. The van der Waals surface area contributed by atoms with E-state index in [-0.39, 0.29) is 17.9 Å². The van der Waals surface area contributed by atoms with Gasteiger partial charge in [-0.15, -0.1) is 0 Å². The van der Waals surface area contributed by atoms with Gasteiger partial charge in [-0.05, 0) is 30.4 Å². The zero-order chi connectivity index (χ0) is 19.3. The average Bonchev–Trinajstić information content (AvgIpc) is 2.68. The van der Waals surface area contributed by atoms with E-state index in [0.717, 1.165) is 12.0 Å². The molecule has 1 amide bonds. The van der Waals surface area contributed by atoms with Crippen LogP contribution in [0.15, 0.2) is 60.7 Å². The third kappa shape index (κ3) is 5.40. The molecule has 1 atom stereocenters. The van der Waals surface area contributed by atoms with Crippen molar-refractivity contribution < 1.29 is 13.2 Å². The number of nitrogens with one attached hydrogen (secondary N) is 1. The first kappa shape index (κ1) is 19.6. The quantitative estimate of drug-likeness (QED) is 0.830. The van der Waals surface area contributed by atoms with E-state index in [9.17, 15) is 13.2 Å². The number of amides is 1. The Balaban J connectivity index is 1.68. The van der Waals surface area contributed by atoms with Crippen molar-refractivity contribution in [2.45, 2.75) is 25.3 Å². The highest BCUT2D eigenvalue weighted by atomic mass is 32.2. The third-order valence-corrected chi connectivity index (χ3v) is 6.40. The van der Waals surface area contributed by atoms with Gasteiger partial charge in [0.05, 0.1) is 12.3 Å². The van der Waals surface area contributed by atoms with E-state index in [1.807, 2.05) is 48.5 Å². The van der Waals surface area contributed by atoms with Crippen molar-refractivity contribution in [3.05, 3.63) is 71.8 Å². The lowest BCUT2D eigenvalue weighted by Gasteiger charge is -2.30. The standard InChI is InChI=1S/C21H26N2O3S/c1-27(25,26)23-14-12-19(13-15-23)21(24)22-20(18-10-6-3-7-11-18)16-17-8-4-2-5-9-17/h2-11,19-20H,12-16H2,1H3,(H,22,24)/t20-/m0/s1. The van der Waals surface area contributed by atoms with Crippen molar-refractivity contribution in [2.75, 3.05) is 19.3 Å². The van der Waals surface area contributed by atoms with Gasteiger partial charge >= 0.3 is 0 Å². The molecule has 0 aromatic heterocycles. The number of rotatable bonds is 6. The molecule has 3 rings (SSSR count). The van der Waals surface area contributed by atoms with Gasteiger partial charge in [-0.2, -0.15) is 0 Å². The predicted octanol–water partition coefficient (Wildman–Crippen LogP) is 2.76. The number of nitrogens with zero attached hydrogens (tertiary/aromatic N) is 1. The number of carbonyl (C=O) groups excluding carboxylic acids is 1. The molecule has 6 heteroatoms. The molecule has 1 fully saturated rings. The van der Waals surface area contributed by atoms with Crippen molar-refractivity contribution in [2.24, 2.45) is 5.92 Å². The molecule has 0 unspecified atom stereocenters. The summed E-state index contributed by atoms with van der Waals surface area (Å²) in [6.07, 6.45) is 3.06. The van der Waals surface area contributed by atoms with Crippen LogP contribution in [0.25, 0.3) is 0 Å². The molecule has 2 aromatic carbocycles. The molecule has 0 aliphatic carbocycles. The van der Waals surface area contributed by atoms with Crippen molar-refractivity contribution in [1.82, 2.24) is 9.62 Å². The first-order valence-electron chi connectivity index (χ1n) is 9.28. The maximum Gasteiger partial charge on any atom is 0.223 e. The Bertz CT molecular complexity index is 846. The molecule has 2 aromatic rings. The van der Waals surface area contributed by atoms with Crippen molar-refractivity contribution >= 4 is 15.9 Å². The molecule has 1 aliphatic rings. The van der Waals surface area contributed by atoms with Crippen LogP contribution in [0.4, 0.5) is 0 Å². The monoisotopic (exact) mass is 386 g/mol. The van der Waals surface area contributed by atoms with Crippen LogP contribution in [0, 0.1) is 5.92 Å². The van der Waals surface area contributed by atoms with Gasteiger partial charge in [0.25, 0.3) is 0 Å². The zero-order valence-electron chi connectivity index (χ0n) is 15.5. The molecule has 0 radical (unpaired) electrons. The SMILES string of the molecule is CS(=O)(=O)N1CCC(C(=O)N[C@@H](Cc2ccccc2)c2ccccc2)CC1. The van der Waals surface area contributed by atoms with Crippen LogP contribution in [0.3, 0.4) is 0 Å². The minimum atomic E-state index is -3.18. The lowest BCUT2D eigenvalue weighted by Crippen LogP contribution is -2.43. The summed E-state index contributed by atoms with van der Waals surface area (Å²) in [5.74, 6) is -0.141. The van der Waals surface area contributed by atoms with Crippen LogP contribution < -0.4 is 5.32 Å². The van der Waals surface area contributed by atoms with Gasteiger partial charge in [-0.3, -0.25) is 4.79 Å². The fourth-order valence-electron chi connectivity index (χ4n) is 3.53. The molecule has 1 N–H and O–H groups in total. The zero-order valence-corrected chi connectivity index (χ0v) is 16.4. The van der Waals surface area contributed by atoms with Gasteiger partial charge in [-0.25, -0.2) is 12.7 Å². The fourth-order valence-corrected chi connectivity index (χ4v) is 4.40. The van der Waals surface area contributed by atoms with Crippen LogP contribution in [0.5, 0.6) is 0 Å². The Morgan fingerprint density at radius 3 is 2.15 bits per heavy atom. The molecular formula is C21H26N2O3S. The largest absolute Gasteiger partial charge is 0.349 e. The van der Waals surface area contributed by atoms with Gasteiger partial charge in [0.1, 0.15) is 0 Å². The van der Waals surface area contributed by atoms with Crippen LogP contribution >= 0.6 is 0 Å². The minimum Gasteiger partial charge on any atom is -0.349 e. The summed E-state index contributed by atoms with van der Waals surface area (Å²) in [7, 11) is -3.18. The number of benzene rings is 2. The summed E-state index contributed by atoms with van der Waals surface area (Å²) >= 11 is 0. The smallest absolute Gasteiger partial charge is 0.223 e. The summed E-state index contributed by atoms with van der Waals surface area (Å²) in [6.45, 7) is 0.817. The average molecular weight is 387 g/mol. The molecule has 0 spiro atoms. The van der Waals surface area contributed by atoms with Crippen LogP contribution in [0.1, 0.15) is 30.0 Å². The fraction of sp³-hybridized carbons (Fsp3) is 0.381. The van der Waals surface area contributed by atoms with E-state index >= 15 is 0 Å². The van der Waals surface area contributed by atoms with Crippen molar-refractivity contribution in [3.63, 3.8) is 0 Å².